The summed E-state index contributed by atoms with van der Waals surface area (Å²) in [4.78, 5) is 37.4. The van der Waals surface area contributed by atoms with Crippen molar-refractivity contribution in [3.05, 3.63) is 53.0 Å². The number of esters is 1. The highest BCUT2D eigenvalue weighted by Crippen LogP contribution is 2.66. The van der Waals surface area contributed by atoms with Gasteiger partial charge in [-0.05, 0) is 31.0 Å². The van der Waals surface area contributed by atoms with Gasteiger partial charge in [0.1, 0.15) is 10.4 Å². The van der Waals surface area contributed by atoms with Crippen LogP contribution in [0.25, 0.3) is 0 Å². The zero-order chi connectivity index (χ0) is 24.7. The van der Waals surface area contributed by atoms with Gasteiger partial charge in [0, 0.05) is 17.9 Å². The maximum atomic E-state index is 15.0. The molecule has 2 heterocycles. The monoisotopic (exact) mass is 486 g/mol. The Morgan fingerprint density at radius 2 is 2.09 bits per heavy atom. The number of terminal acetylenes is 1. The van der Waals surface area contributed by atoms with E-state index in [1.807, 2.05) is 0 Å². The molecule has 0 bridgehead atoms. The number of nitrogens with two attached hydrogens (primary N) is 1. The van der Waals surface area contributed by atoms with Crippen molar-refractivity contribution in [1.29, 1.82) is 0 Å². The topological polar surface area (TPSA) is 117 Å². The number of ether oxygens (including phenoxy) is 2. The van der Waals surface area contributed by atoms with Crippen molar-refractivity contribution in [3.8, 4) is 18.2 Å². The fourth-order valence-electron chi connectivity index (χ4n) is 4.26. The zero-order valence-corrected chi connectivity index (χ0v) is 19.1. The number of ketones is 1. The Labute approximate surface area is 198 Å². The number of hydrogen-bond donors (Lipinski definition) is 1. The first-order valence-electron chi connectivity index (χ1n) is 10.2. The summed E-state index contributed by atoms with van der Waals surface area (Å²) in [6, 6.07) is 2.32. The molecule has 1 aliphatic heterocycles. The molecule has 34 heavy (non-hydrogen) atoms. The van der Waals surface area contributed by atoms with Crippen LogP contribution < -0.4 is 10.5 Å². The summed E-state index contributed by atoms with van der Waals surface area (Å²) in [6.07, 6.45) is 7.66. The van der Waals surface area contributed by atoms with Gasteiger partial charge in [-0.2, -0.15) is 0 Å². The molecule has 11 heteroatoms. The number of aromatic nitrogens is 2. The molecule has 1 aromatic heterocycles. The maximum absolute atomic E-state index is 15.0. The van der Waals surface area contributed by atoms with Crippen molar-refractivity contribution < 1.29 is 27.8 Å². The number of Topliss-reactive ketones (excluding diaryl/α,β-unsaturated/α-hetero) is 1. The summed E-state index contributed by atoms with van der Waals surface area (Å²) in [5.74, 6) is -1.22. The second-order valence-corrected chi connectivity index (χ2v) is 9.46. The minimum atomic E-state index is -1.32. The SMILES string of the molecule is C#CCOc1cnc(C(=O)Cc2cc(F)c(F)c([C@@]3(C)N=C(N)S[C@@]4(C(=O)OC)C[C@H]43)c2)cn1. The number of nitrogens with zero attached hydrogens (tertiary/aromatic N) is 3. The zero-order valence-electron chi connectivity index (χ0n) is 18.3. The van der Waals surface area contributed by atoms with E-state index >= 15 is 4.39 Å². The molecular formula is C23H20F2N4O4S. The van der Waals surface area contributed by atoms with E-state index in [1.165, 1.54) is 25.6 Å². The number of hydrogen-bond acceptors (Lipinski definition) is 9. The standard InChI is InChI=1S/C23H20F2N4O4S/c1-4-5-33-18-11-27-15(10-28-18)16(30)8-12-6-13(19(25)14(24)7-12)22(2)17-9-23(17,20(31)32-3)34-21(26)29-22/h1,6-7,10-11,17H,5,8-9H2,2-3H3,(H2,26,29)/t17-,22+,23-/m0/s1. The van der Waals surface area contributed by atoms with Gasteiger partial charge in [0.15, 0.2) is 29.2 Å². The van der Waals surface area contributed by atoms with Gasteiger partial charge in [0.25, 0.3) is 0 Å². The third-order valence-electron chi connectivity index (χ3n) is 5.96. The molecule has 4 rings (SSSR count). The van der Waals surface area contributed by atoms with E-state index in [2.05, 4.69) is 20.9 Å². The van der Waals surface area contributed by atoms with Crippen molar-refractivity contribution >= 4 is 28.7 Å². The molecule has 0 amide bonds. The number of methoxy groups -OCH3 is 1. The number of rotatable bonds is 7. The van der Waals surface area contributed by atoms with Crippen LogP contribution in [0.2, 0.25) is 0 Å². The smallest absolute Gasteiger partial charge is 0.322 e. The first-order chi connectivity index (χ1) is 16.1. The van der Waals surface area contributed by atoms with Crippen LogP contribution in [0, 0.1) is 29.9 Å². The van der Waals surface area contributed by atoms with Gasteiger partial charge in [0.2, 0.25) is 5.88 Å². The van der Waals surface area contributed by atoms with Crippen LogP contribution in [0.5, 0.6) is 5.88 Å². The quantitative estimate of drug-likeness (QED) is 0.360. The maximum Gasteiger partial charge on any atom is 0.322 e. The summed E-state index contributed by atoms with van der Waals surface area (Å²) >= 11 is 1.07. The van der Waals surface area contributed by atoms with Crippen LogP contribution in [0.1, 0.15) is 35.0 Å². The molecule has 0 radical (unpaired) electrons. The van der Waals surface area contributed by atoms with E-state index in [9.17, 15) is 14.0 Å². The molecule has 1 fully saturated rings. The number of aliphatic imine (C=N–C) groups is 1. The lowest BCUT2D eigenvalue weighted by atomic mass is 9.84. The summed E-state index contributed by atoms with van der Waals surface area (Å²) in [5, 5.41) is 0.0744. The van der Waals surface area contributed by atoms with Crippen LogP contribution in [-0.2, 0) is 21.5 Å². The highest BCUT2D eigenvalue weighted by molar-refractivity contribution is 8.15. The Bertz CT molecular complexity index is 1250. The minimum Gasteiger partial charge on any atom is -0.468 e. The summed E-state index contributed by atoms with van der Waals surface area (Å²) < 4.78 is 38.7. The summed E-state index contributed by atoms with van der Waals surface area (Å²) in [6.45, 7) is 1.60. The first-order valence-corrected chi connectivity index (χ1v) is 11.0. The third-order valence-corrected chi connectivity index (χ3v) is 7.25. The molecule has 2 aliphatic rings. The molecule has 1 saturated carbocycles. The van der Waals surface area contributed by atoms with Crippen molar-refractivity contribution in [3.63, 3.8) is 0 Å². The lowest BCUT2D eigenvalue weighted by Crippen LogP contribution is -2.40. The highest BCUT2D eigenvalue weighted by Gasteiger charge is 2.71. The molecule has 1 aliphatic carbocycles. The largest absolute Gasteiger partial charge is 0.468 e. The van der Waals surface area contributed by atoms with Gasteiger partial charge in [0.05, 0.1) is 25.0 Å². The number of halogens is 2. The number of benzene rings is 1. The van der Waals surface area contributed by atoms with Crippen molar-refractivity contribution in [2.24, 2.45) is 16.6 Å². The number of fused-ring (bicyclic) bond motifs is 1. The van der Waals surface area contributed by atoms with E-state index in [1.54, 1.807) is 6.92 Å². The molecule has 0 unspecified atom stereocenters. The van der Waals surface area contributed by atoms with E-state index in [0.29, 0.717) is 6.42 Å². The lowest BCUT2D eigenvalue weighted by molar-refractivity contribution is -0.141. The van der Waals surface area contributed by atoms with Gasteiger partial charge in [-0.15, -0.1) is 6.42 Å². The molecule has 1 aromatic carbocycles. The summed E-state index contributed by atoms with van der Waals surface area (Å²) in [5.41, 5.74) is 4.80. The molecule has 176 valence electrons. The van der Waals surface area contributed by atoms with Crippen LogP contribution in [0.3, 0.4) is 0 Å². The fraction of sp³-hybridized carbons (Fsp3) is 0.348. The molecule has 2 aromatic rings. The van der Waals surface area contributed by atoms with Crippen LogP contribution in [-0.4, -0.2) is 45.4 Å². The van der Waals surface area contributed by atoms with Crippen LogP contribution >= 0.6 is 11.8 Å². The second-order valence-electron chi connectivity index (χ2n) is 8.11. The average molecular weight is 487 g/mol. The van der Waals surface area contributed by atoms with E-state index in [4.69, 9.17) is 21.6 Å². The van der Waals surface area contributed by atoms with E-state index in [-0.39, 0.29) is 40.9 Å². The summed E-state index contributed by atoms with van der Waals surface area (Å²) in [7, 11) is 1.26. The van der Waals surface area contributed by atoms with Crippen molar-refractivity contribution in [2.45, 2.75) is 30.1 Å². The Hall–Kier alpha value is -3.52. The highest BCUT2D eigenvalue weighted by atomic mass is 32.2. The third kappa shape index (κ3) is 3.98. The normalized spacial score (nSPS) is 24.9. The van der Waals surface area contributed by atoms with E-state index < -0.39 is 39.6 Å². The van der Waals surface area contributed by atoms with Crippen LogP contribution in [0.15, 0.2) is 29.5 Å². The van der Waals surface area contributed by atoms with E-state index in [0.717, 1.165) is 17.8 Å². The Morgan fingerprint density at radius 1 is 1.32 bits per heavy atom. The predicted molar refractivity (Wildman–Crippen MR) is 120 cm³/mol. The minimum absolute atomic E-state index is 0.00212. The molecule has 0 saturated heterocycles. The molecule has 8 nitrogen and oxygen atoms in total. The Balaban J connectivity index is 1.63. The second kappa shape index (κ2) is 8.68. The van der Waals surface area contributed by atoms with Gasteiger partial charge in [-0.3, -0.25) is 14.6 Å². The van der Waals surface area contributed by atoms with Gasteiger partial charge in [-0.25, -0.2) is 18.7 Å². The first kappa shape index (κ1) is 23.6. The van der Waals surface area contributed by atoms with Crippen molar-refractivity contribution in [1.82, 2.24) is 9.97 Å². The number of amidine groups is 1. The van der Waals surface area contributed by atoms with Gasteiger partial charge in [-0.1, -0.05) is 17.7 Å². The average Bonchev–Trinajstić information content (AvgIpc) is 3.56. The molecule has 3 atom stereocenters. The predicted octanol–water partition coefficient (Wildman–Crippen LogP) is 2.40. The number of carbonyl (C=O) groups is 2. The molecular weight excluding hydrogens is 466 g/mol. The number of carbonyl (C=O) groups excluding carboxylic acids is 2. The Morgan fingerprint density at radius 3 is 2.74 bits per heavy atom. The molecule has 2 N–H and O–H groups in total. The van der Waals surface area contributed by atoms with Crippen molar-refractivity contribution in [2.75, 3.05) is 13.7 Å². The van der Waals surface area contributed by atoms with Gasteiger partial charge < -0.3 is 15.2 Å². The Kier molecular flexibility index (Phi) is 6.03. The number of thioether (sulfide) groups is 1. The van der Waals surface area contributed by atoms with Crippen LogP contribution in [0.4, 0.5) is 8.78 Å². The molecule has 0 spiro atoms. The van der Waals surface area contributed by atoms with Gasteiger partial charge >= 0.3 is 5.97 Å². The lowest BCUT2D eigenvalue weighted by Gasteiger charge is -2.33. The fourth-order valence-corrected chi connectivity index (χ4v) is 5.65.